The van der Waals surface area contributed by atoms with Crippen molar-refractivity contribution in [2.45, 2.75) is 64.3 Å². The molecule has 0 spiro atoms. The Bertz CT molecular complexity index is 672. The van der Waals surface area contributed by atoms with Crippen LogP contribution >= 0.6 is 0 Å². The number of rotatable bonds is 7. The Morgan fingerprint density at radius 2 is 1.82 bits per heavy atom. The van der Waals surface area contributed by atoms with Gasteiger partial charge in [0.15, 0.2) is 0 Å². The molecule has 1 saturated carbocycles. The SMILES string of the molecule is CC(=O)N(C)Cc1cc(C2CCC(CN(C)CC3CC=CCC3)CC2)nn1C. The van der Waals surface area contributed by atoms with Gasteiger partial charge in [0.2, 0.25) is 5.91 Å². The lowest BCUT2D eigenvalue weighted by molar-refractivity contribution is -0.128. The molecule has 0 aliphatic heterocycles. The number of carbonyl (C=O) groups excluding carboxylic acids is 1. The third-order valence-electron chi connectivity index (χ3n) is 6.71. The van der Waals surface area contributed by atoms with Crippen molar-refractivity contribution in [2.75, 3.05) is 27.2 Å². The minimum Gasteiger partial charge on any atom is -0.340 e. The van der Waals surface area contributed by atoms with Gasteiger partial charge in [-0.3, -0.25) is 9.48 Å². The first kappa shape index (κ1) is 21.1. The molecule has 156 valence electrons. The van der Waals surface area contributed by atoms with Gasteiger partial charge in [0.1, 0.15) is 0 Å². The molecule has 0 bridgehead atoms. The highest BCUT2D eigenvalue weighted by Crippen LogP contribution is 2.36. The van der Waals surface area contributed by atoms with E-state index in [2.05, 4.69) is 30.2 Å². The fourth-order valence-electron chi connectivity index (χ4n) is 4.85. The second-order valence-electron chi connectivity index (χ2n) is 9.15. The molecule has 2 aliphatic carbocycles. The molecular formula is C23H38N4O. The quantitative estimate of drug-likeness (QED) is 0.666. The van der Waals surface area contributed by atoms with Gasteiger partial charge < -0.3 is 9.80 Å². The van der Waals surface area contributed by atoms with Crippen molar-refractivity contribution in [2.24, 2.45) is 18.9 Å². The minimum absolute atomic E-state index is 0.0941. The predicted molar refractivity (Wildman–Crippen MR) is 114 cm³/mol. The van der Waals surface area contributed by atoms with E-state index in [-0.39, 0.29) is 5.91 Å². The molecule has 0 saturated heterocycles. The van der Waals surface area contributed by atoms with Crippen LogP contribution in [0.1, 0.15) is 69.2 Å². The van der Waals surface area contributed by atoms with Crippen LogP contribution in [0, 0.1) is 11.8 Å². The molecule has 0 radical (unpaired) electrons. The Kier molecular flexibility index (Phi) is 7.33. The van der Waals surface area contributed by atoms with Crippen LogP contribution in [0.25, 0.3) is 0 Å². The third-order valence-corrected chi connectivity index (χ3v) is 6.71. The van der Waals surface area contributed by atoms with Crippen molar-refractivity contribution < 1.29 is 4.79 Å². The smallest absolute Gasteiger partial charge is 0.219 e. The van der Waals surface area contributed by atoms with Crippen LogP contribution in [0.3, 0.4) is 0 Å². The van der Waals surface area contributed by atoms with Crippen molar-refractivity contribution in [3.8, 4) is 0 Å². The van der Waals surface area contributed by atoms with Crippen LogP contribution in [0.5, 0.6) is 0 Å². The fraction of sp³-hybridized carbons (Fsp3) is 0.739. The Morgan fingerprint density at radius 1 is 1.11 bits per heavy atom. The second-order valence-corrected chi connectivity index (χ2v) is 9.15. The van der Waals surface area contributed by atoms with E-state index in [0.717, 1.165) is 17.5 Å². The monoisotopic (exact) mass is 386 g/mol. The van der Waals surface area contributed by atoms with Crippen molar-refractivity contribution in [1.82, 2.24) is 19.6 Å². The summed E-state index contributed by atoms with van der Waals surface area (Å²) < 4.78 is 1.95. The number of nitrogens with zero attached hydrogens (tertiary/aromatic N) is 4. The number of hydrogen-bond acceptors (Lipinski definition) is 3. The highest BCUT2D eigenvalue weighted by atomic mass is 16.2. The molecule has 3 rings (SSSR count). The lowest BCUT2D eigenvalue weighted by atomic mass is 9.80. The number of allylic oxidation sites excluding steroid dienone is 2. The van der Waals surface area contributed by atoms with Crippen LogP contribution in [-0.4, -0.2) is 52.7 Å². The predicted octanol–water partition coefficient (Wildman–Crippen LogP) is 3.96. The normalized spacial score (nSPS) is 25.2. The van der Waals surface area contributed by atoms with E-state index in [0.29, 0.717) is 12.5 Å². The van der Waals surface area contributed by atoms with Crippen LogP contribution < -0.4 is 0 Å². The average molecular weight is 387 g/mol. The first-order chi connectivity index (χ1) is 13.4. The number of aromatic nitrogens is 2. The maximum absolute atomic E-state index is 11.5. The molecule has 0 aromatic carbocycles. The lowest BCUT2D eigenvalue weighted by Gasteiger charge is -2.32. The molecule has 5 nitrogen and oxygen atoms in total. The van der Waals surface area contributed by atoms with E-state index in [9.17, 15) is 4.79 Å². The zero-order valence-electron chi connectivity index (χ0n) is 18.2. The summed E-state index contributed by atoms with van der Waals surface area (Å²) in [6.07, 6.45) is 13.7. The first-order valence-corrected chi connectivity index (χ1v) is 11.0. The van der Waals surface area contributed by atoms with Crippen molar-refractivity contribution >= 4 is 5.91 Å². The molecule has 1 heterocycles. The number of amides is 1. The molecule has 1 unspecified atom stereocenters. The van der Waals surface area contributed by atoms with Crippen LogP contribution in [-0.2, 0) is 18.4 Å². The summed E-state index contributed by atoms with van der Waals surface area (Å²) in [7, 11) is 6.15. The zero-order valence-corrected chi connectivity index (χ0v) is 18.2. The molecular weight excluding hydrogens is 348 g/mol. The minimum atomic E-state index is 0.0941. The summed E-state index contributed by atoms with van der Waals surface area (Å²) in [5, 5.41) is 4.77. The standard InChI is InChI=1S/C23H38N4O/c1-18(28)26(3)17-22-14-23(24-27(22)4)21-12-10-20(11-13-21)16-25(2)15-19-8-6-5-7-9-19/h5-6,14,19-21H,7-13,15-17H2,1-4H3. The summed E-state index contributed by atoms with van der Waals surface area (Å²) in [6, 6.07) is 2.22. The molecule has 1 atom stereocenters. The molecule has 1 fully saturated rings. The van der Waals surface area contributed by atoms with E-state index in [1.807, 2.05) is 18.8 Å². The number of hydrogen-bond donors (Lipinski definition) is 0. The zero-order chi connectivity index (χ0) is 20.1. The molecule has 1 aromatic heterocycles. The lowest BCUT2D eigenvalue weighted by Crippen LogP contribution is -2.32. The van der Waals surface area contributed by atoms with E-state index >= 15 is 0 Å². The van der Waals surface area contributed by atoms with E-state index in [1.54, 1.807) is 11.8 Å². The number of carbonyl (C=O) groups is 1. The van der Waals surface area contributed by atoms with E-state index in [1.165, 1.54) is 63.7 Å². The molecule has 28 heavy (non-hydrogen) atoms. The van der Waals surface area contributed by atoms with Gasteiger partial charge in [-0.1, -0.05) is 12.2 Å². The highest BCUT2D eigenvalue weighted by Gasteiger charge is 2.26. The summed E-state index contributed by atoms with van der Waals surface area (Å²) >= 11 is 0. The Hall–Kier alpha value is -1.62. The Labute approximate surface area is 170 Å². The molecule has 1 amide bonds. The topological polar surface area (TPSA) is 41.4 Å². The largest absolute Gasteiger partial charge is 0.340 e. The maximum Gasteiger partial charge on any atom is 0.219 e. The molecule has 1 aromatic rings. The Balaban J connectivity index is 1.46. The molecule has 0 N–H and O–H groups in total. The van der Waals surface area contributed by atoms with Gasteiger partial charge in [0.25, 0.3) is 0 Å². The Morgan fingerprint density at radius 3 is 2.46 bits per heavy atom. The van der Waals surface area contributed by atoms with Crippen LogP contribution in [0.15, 0.2) is 18.2 Å². The molecule has 5 heteroatoms. The van der Waals surface area contributed by atoms with Gasteiger partial charge in [-0.2, -0.15) is 5.10 Å². The van der Waals surface area contributed by atoms with E-state index < -0.39 is 0 Å². The summed E-state index contributed by atoms with van der Waals surface area (Å²) in [6.45, 7) is 4.73. The summed E-state index contributed by atoms with van der Waals surface area (Å²) in [4.78, 5) is 15.8. The van der Waals surface area contributed by atoms with Crippen LogP contribution in [0.2, 0.25) is 0 Å². The molecule has 2 aliphatic rings. The van der Waals surface area contributed by atoms with Gasteiger partial charge in [-0.15, -0.1) is 0 Å². The van der Waals surface area contributed by atoms with Gasteiger partial charge in [-0.05, 0) is 69.9 Å². The van der Waals surface area contributed by atoms with Crippen molar-refractivity contribution in [1.29, 1.82) is 0 Å². The maximum atomic E-state index is 11.5. The van der Waals surface area contributed by atoms with Gasteiger partial charge in [0.05, 0.1) is 17.9 Å². The van der Waals surface area contributed by atoms with E-state index in [4.69, 9.17) is 5.10 Å². The first-order valence-electron chi connectivity index (χ1n) is 11.0. The summed E-state index contributed by atoms with van der Waals surface area (Å²) in [5.41, 5.74) is 2.34. The van der Waals surface area contributed by atoms with Gasteiger partial charge in [0, 0.05) is 40.0 Å². The van der Waals surface area contributed by atoms with Gasteiger partial charge >= 0.3 is 0 Å². The van der Waals surface area contributed by atoms with Crippen molar-refractivity contribution in [3.63, 3.8) is 0 Å². The third kappa shape index (κ3) is 5.69. The van der Waals surface area contributed by atoms with Gasteiger partial charge in [-0.25, -0.2) is 0 Å². The van der Waals surface area contributed by atoms with Crippen molar-refractivity contribution in [3.05, 3.63) is 29.6 Å². The highest BCUT2D eigenvalue weighted by molar-refractivity contribution is 5.72. The summed E-state index contributed by atoms with van der Waals surface area (Å²) in [5.74, 6) is 2.35. The van der Waals surface area contributed by atoms with Crippen LogP contribution in [0.4, 0.5) is 0 Å². The second kappa shape index (κ2) is 9.73. The fourth-order valence-corrected chi connectivity index (χ4v) is 4.85. The number of aryl methyl sites for hydroxylation is 1. The average Bonchev–Trinajstić information content (AvgIpc) is 3.03.